The fourth-order valence-corrected chi connectivity index (χ4v) is 6.81. The van der Waals surface area contributed by atoms with Gasteiger partial charge in [0.25, 0.3) is 0 Å². The number of hydrogen-bond donors (Lipinski definition) is 2. The zero-order valence-corrected chi connectivity index (χ0v) is 16.6. The number of rotatable bonds is 0. The number of ether oxygens (including phenoxy) is 1. The average molecular weight is 399 g/mol. The van der Waals surface area contributed by atoms with Gasteiger partial charge >= 0.3 is 0 Å². The first-order chi connectivity index (χ1) is 14.5. The molecule has 2 aliphatic carbocycles. The van der Waals surface area contributed by atoms with Crippen LogP contribution >= 0.6 is 0 Å². The predicted molar refractivity (Wildman–Crippen MR) is 111 cm³/mol. The molecular formula is C25H21NO4. The molecule has 3 aromatic carbocycles. The number of benzene rings is 3. The molecular weight excluding hydrogens is 378 g/mol. The minimum atomic E-state index is -1.27. The molecule has 150 valence electrons. The van der Waals surface area contributed by atoms with Crippen LogP contribution in [-0.4, -0.2) is 46.6 Å². The lowest BCUT2D eigenvalue weighted by molar-refractivity contribution is -0.164. The van der Waals surface area contributed by atoms with Crippen molar-refractivity contribution in [1.82, 2.24) is 4.90 Å². The molecule has 1 unspecified atom stereocenters. The molecule has 2 heterocycles. The van der Waals surface area contributed by atoms with E-state index in [2.05, 4.69) is 4.90 Å². The number of likely N-dealkylation sites (N-methyl/N-ethyl adjacent to an activating group) is 1. The maximum atomic E-state index is 13.8. The van der Waals surface area contributed by atoms with Crippen molar-refractivity contribution in [3.63, 3.8) is 0 Å². The van der Waals surface area contributed by atoms with Crippen molar-refractivity contribution in [2.24, 2.45) is 0 Å². The number of aromatic hydroxyl groups is 1. The van der Waals surface area contributed by atoms with Gasteiger partial charge in [0.15, 0.2) is 17.6 Å². The third-order valence-corrected chi connectivity index (χ3v) is 8.12. The molecule has 4 aliphatic rings. The quantitative estimate of drug-likeness (QED) is 0.608. The van der Waals surface area contributed by atoms with Gasteiger partial charge in [0.1, 0.15) is 5.60 Å². The first-order valence-electron chi connectivity index (χ1n) is 10.5. The molecule has 2 bridgehead atoms. The lowest BCUT2D eigenvalue weighted by Crippen LogP contribution is -2.74. The molecule has 1 saturated heterocycles. The van der Waals surface area contributed by atoms with E-state index < -0.39 is 17.1 Å². The summed E-state index contributed by atoms with van der Waals surface area (Å²) in [5.41, 5.74) is 0.981. The van der Waals surface area contributed by atoms with Crippen molar-refractivity contribution in [3.8, 4) is 11.5 Å². The van der Waals surface area contributed by atoms with Gasteiger partial charge in [0.05, 0.1) is 5.41 Å². The fraction of sp³-hybridized carbons (Fsp3) is 0.320. The van der Waals surface area contributed by atoms with Crippen LogP contribution in [-0.2, 0) is 17.4 Å². The van der Waals surface area contributed by atoms with Crippen LogP contribution < -0.4 is 4.74 Å². The molecule has 0 radical (unpaired) electrons. The Balaban J connectivity index is 1.65. The second-order valence-corrected chi connectivity index (χ2v) is 9.24. The summed E-state index contributed by atoms with van der Waals surface area (Å²) in [5.74, 6) is 0.316. The first-order valence-corrected chi connectivity index (χ1v) is 10.5. The van der Waals surface area contributed by atoms with Crippen LogP contribution in [0, 0.1) is 0 Å². The highest BCUT2D eigenvalue weighted by molar-refractivity contribution is 6.08. The molecule has 4 atom stereocenters. The van der Waals surface area contributed by atoms with E-state index in [0.29, 0.717) is 29.7 Å². The third-order valence-electron chi connectivity index (χ3n) is 8.12. The summed E-state index contributed by atoms with van der Waals surface area (Å²) in [6.45, 7) is 0.761. The maximum absolute atomic E-state index is 13.8. The Morgan fingerprint density at radius 2 is 1.90 bits per heavy atom. The van der Waals surface area contributed by atoms with Crippen molar-refractivity contribution in [2.75, 3.05) is 13.6 Å². The number of nitrogens with zero attached hydrogens (tertiary/aromatic N) is 1. The van der Waals surface area contributed by atoms with Gasteiger partial charge in [0.2, 0.25) is 5.78 Å². The van der Waals surface area contributed by atoms with Crippen molar-refractivity contribution < 1.29 is 19.7 Å². The lowest BCUT2D eigenvalue weighted by atomic mass is 9.47. The van der Waals surface area contributed by atoms with Gasteiger partial charge in [0, 0.05) is 17.2 Å². The van der Waals surface area contributed by atoms with Gasteiger partial charge in [-0.25, -0.2) is 0 Å². The van der Waals surface area contributed by atoms with Crippen molar-refractivity contribution in [1.29, 1.82) is 0 Å². The summed E-state index contributed by atoms with van der Waals surface area (Å²) < 4.78 is 6.21. The van der Waals surface area contributed by atoms with E-state index >= 15 is 0 Å². The topological polar surface area (TPSA) is 70.0 Å². The number of aliphatic hydroxyl groups is 1. The molecule has 0 amide bonds. The zero-order valence-electron chi connectivity index (χ0n) is 16.6. The van der Waals surface area contributed by atoms with E-state index in [0.717, 1.165) is 28.4 Å². The van der Waals surface area contributed by atoms with E-state index in [1.54, 1.807) is 6.07 Å². The van der Waals surface area contributed by atoms with Gasteiger partial charge < -0.3 is 14.9 Å². The summed E-state index contributed by atoms with van der Waals surface area (Å²) in [5, 5.41) is 25.2. The van der Waals surface area contributed by atoms with E-state index in [4.69, 9.17) is 4.74 Å². The zero-order chi connectivity index (χ0) is 20.4. The van der Waals surface area contributed by atoms with Crippen LogP contribution in [0.2, 0.25) is 0 Å². The normalized spacial score (nSPS) is 33.2. The van der Waals surface area contributed by atoms with Gasteiger partial charge in [-0.2, -0.15) is 0 Å². The standard InChI is InChI=1S/C25H21NO4/c1-26-9-8-24-20-15-6-7-18(27)22(20)30-23(24)21(28)16-10-13-4-2-3-5-14(13)11-17(16)25(24,29)19(26)12-15/h2-7,10-11,19,23,27,29H,8-9,12H2,1H3/t19?,23-,24-,25+/m0/s1. The molecule has 0 saturated carbocycles. The summed E-state index contributed by atoms with van der Waals surface area (Å²) in [4.78, 5) is 16.0. The van der Waals surface area contributed by atoms with Crippen LogP contribution in [0.15, 0.2) is 48.5 Å². The maximum Gasteiger partial charge on any atom is 0.204 e. The minimum absolute atomic E-state index is 0.0410. The Hall–Kier alpha value is -2.89. The molecule has 5 nitrogen and oxygen atoms in total. The molecule has 7 rings (SSSR count). The van der Waals surface area contributed by atoms with Crippen molar-refractivity contribution >= 4 is 16.6 Å². The molecule has 2 N–H and O–H groups in total. The van der Waals surface area contributed by atoms with E-state index in [1.165, 1.54) is 0 Å². The Morgan fingerprint density at radius 3 is 2.70 bits per heavy atom. The molecule has 1 spiro atoms. The molecule has 30 heavy (non-hydrogen) atoms. The van der Waals surface area contributed by atoms with Crippen LogP contribution in [0.3, 0.4) is 0 Å². The van der Waals surface area contributed by atoms with Gasteiger partial charge in [-0.1, -0.05) is 30.3 Å². The van der Waals surface area contributed by atoms with E-state index in [-0.39, 0.29) is 17.6 Å². The summed E-state index contributed by atoms with van der Waals surface area (Å²) in [6.07, 6.45) is 0.422. The van der Waals surface area contributed by atoms with Gasteiger partial charge in [-0.15, -0.1) is 0 Å². The van der Waals surface area contributed by atoms with E-state index in [9.17, 15) is 15.0 Å². The Morgan fingerprint density at radius 1 is 1.13 bits per heavy atom. The highest BCUT2D eigenvalue weighted by atomic mass is 16.5. The SMILES string of the molecule is CN1CC[C@]23c4c5ccc(O)c4O[C@H]2C(=O)c2cc4ccccc4cc2[C@@]3(O)C1C5. The molecule has 1 fully saturated rings. The summed E-state index contributed by atoms with van der Waals surface area (Å²) in [6, 6.07) is 15.2. The van der Waals surface area contributed by atoms with Crippen LogP contribution in [0.1, 0.15) is 33.5 Å². The second kappa shape index (κ2) is 5.05. The monoisotopic (exact) mass is 399 g/mol. The van der Waals surface area contributed by atoms with Gasteiger partial charge in [-0.3, -0.25) is 9.69 Å². The molecule has 3 aromatic rings. The second-order valence-electron chi connectivity index (χ2n) is 9.24. The highest BCUT2D eigenvalue weighted by Crippen LogP contribution is 2.67. The Kier molecular flexibility index (Phi) is 2.84. The van der Waals surface area contributed by atoms with E-state index in [1.807, 2.05) is 49.5 Å². The number of Topliss-reactive ketones (excluding diaryl/α,β-unsaturated/α-hetero) is 1. The first kappa shape index (κ1) is 16.9. The molecule has 5 heteroatoms. The number of phenolic OH excluding ortho intramolecular Hbond substituents is 1. The third kappa shape index (κ3) is 1.58. The number of fused-ring (bicyclic) bond motifs is 2. The fourth-order valence-electron chi connectivity index (χ4n) is 6.81. The Bertz CT molecular complexity index is 1300. The number of carbonyl (C=O) groups excluding carboxylic acids is 1. The summed E-state index contributed by atoms with van der Waals surface area (Å²) in [7, 11) is 2.05. The minimum Gasteiger partial charge on any atom is -0.504 e. The summed E-state index contributed by atoms with van der Waals surface area (Å²) >= 11 is 0. The number of piperidine rings is 1. The van der Waals surface area contributed by atoms with Crippen LogP contribution in [0.5, 0.6) is 11.5 Å². The van der Waals surface area contributed by atoms with Crippen molar-refractivity contribution in [2.45, 2.75) is 36.0 Å². The largest absolute Gasteiger partial charge is 0.504 e. The molecule has 2 aliphatic heterocycles. The number of phenols is 1. The number of ketones is 1. The smallest absolute Gasteiger partial charge is 0.204 e. The Labute approximate surface area is 173 Å². The van der Waals surface area contributed by atoms with Crippen LogP contribution in [0.25, 0.3) is 10.8 Å². The van der Waals surface area contributed by atoms with Crippen molar-refractivity contribution in [3.05, 3.63) is 70.8 Å². The number of hydrogen-bond acceptors (Lipinski definition) is 5. The lowest BCUT2D eigenvalue weighted by Gasteiger charge is -2.62. The van der Waals surface area contributed by atoms with Crippen LogP contribution in [0.4, 0.5) is 0 Å². The molecule has 0 aromatic heterocycles. The number of likely N-dealkylation sites (tertiary alicyclic amines) is 1. The average Bonchev–Trinajstić information content (AvgIpc) is 3.11. The van der Waals surface area contributed by atoms with Gasteiger partial charge in [-0.05, 0) is 66.5 Å². The highest BCUT2D eigenvalue weighted by Gasteiger charge is 2.74. The number of carbonyl (C=O) groups is 1. The predicted octanol–water partition coefficient (Wildman–Crippen LogP) is 2.89.